The standard InChI is InChI=1S/C19H18F2N4/c1-3-13-7-4-5-10-16(13)23-17-11-12(2)22-19(24-17)25-18-14(20)8-6-9-15(18)21/h4-11H,3H2,1-2H3,(H2,22,23,24,25). The van der Waals surface area contributed by atoms with Crippen LogP contribution in [0.4, 0.5) is 31.9 Å². The molecule has 0 saturated carbocycles. The number of nitrogens with one attached hydrogen (secondary N) is 2. The summed E-state index contributed by atoms with van der Waals surface area (Å²) in [7, 11) is 0. The van der Waals surface area contributed by atoms with Crippen molar-refractivity contribution >= 4 is 23.1 Å². The highest BCUT2D eigenvalue weighted by Crippen LogP contribution is 2.24. The Hall–Kier alpha value is -3.02. The van der Waals surface area contributed by atoms with Gasteiger partial charge in [0.15, 0.2) is 0 Å². The van der Waals surface area contributed by atoms with Crippen molar-refractivity contribution in [2.45, 2.75) is 20.3 Å². The normalized spacial score (nSPS) is 10.6. The van der Waals surface area contributed by atoms with Crippen molar-refractivity contribution in [1.29, 1.82) is 0 Å². The van der Waals surface area contributed by atoms with Crippen molar-refractivity contribution in [1.82, 2.24) is 9.97 Å². The third-order valence-corrected chi connectivity index (χ3v) is 3.71. The van der Waals surface area contributed by atoms with Gasteiger partial charge in [-0.2, -0.15) is 4.98 Å². The highest BCUT2D eigenvalue weighted by Gasteiger charge is 2.11. The largest absolute Gasteiger partial charge is 0.340 e. The van der Waals surface area contributed by atoms with Gasteiger partial charge in [0, 0.05) is 17.4 Å². The Morgan fingerprint density at radius 2 is 1.64 bits per heavy atom. The average molecular weight is 340 g/mol. The van der Waals surface area contributed by atoms with Crippen LogP contribution in [0.1, 0.15) is 18.2 Å². The number of para-hydroxylation sites is 2. The maximum atomic E-state index is 13.8. The second-order valence-corrected chi connectivity index (χ2v) is 5.58. The quantitative estimate of drug-likeness (QED) is 0.677. The molecular weight excluding hydrogens is 322 g/mol. The van der Waals surface area contributed by atoms with E-state index in [4.69, 9.17) is 0 Å². The van der Waals surface area contributed by atoms with Crippen molar-refractivity contribution in [3.05, 3.63) is 71.4 Å². The second kappa shape index (κ2) is 7.25. The van der Waals surface area contributed by atoms with E-state index < -0.39 is 11.6 Å². The maximum absolute atomic E-state index is 13.8. The van der Waals surface area contributed by atoms with Gasteiger partial charge < -0.3 is 10.6 Å². The molecule has 0 amide bonds. The molecule has 0 bridgehead atoms. The minimum atomic E-state index is -0.698. The summed E-state index contributed by atoms with van der Waals surface area (Å²) in [6, 6.07) is 13.3. The molecule has 3 aromatic rings. The van der Waals surface area contributed by atoms with E-state index in [0.717, 1.165) is 17.7 Å². The number of rotatable bonds is 5. The average Bonchev–Trinajstić information content (AvgIpc) is 2.58. The molecule has 0 aliphatic heterocycles. The van der Waals surface area contributed by atoms with Gasteiger partial charge in [0.2, 0.25) is 5.95 Å². The van der Waals surface area contributed by atoms with Crippen LogP contribution in [0.25, 0.3) is 0 Å². The Kier molecular flexibility index (Phi) is 4.88. The molecule has 4 nitrogen and oxygen atoms in total. The Morgan fingerprint density at radius 3 is 2.36 bits per heavy atom. The molecule has 3 rings (SSSR count). The van der Waals surface area contributed by atoms with Crippen LogP contribution in [-0.2, 0) is 6.42 Å². The first kappa shape index (κ1) is 16.8. The number of aryl methyl sites for hydroxylation is 2. The Labute approximate surface area is 145 Å². The molecule has 0 aliphatic carbocycles. The lowest BCUT2D eigenvalue weighted by Crippen LogP contribution is -2.05. The number of benzene rings is 2. The van der Waals surface area contributed by atoms with Gasteiger partial charge in [-0.3, -0.25) is 0 Å². The monoisotopic (exact) mass is 340 g/mol. The van der Waals surface area contributed by atoms with Crippen LogP contribution >= 0.6 is 0 Å². The molecule has 0 radical (unpaired) electrons. The van der Waals surface area contributed by atoms with E-state index in [1.165, 1.54) is 18.2 Å². The Bertz CT molecular complexity index is 876. The molecule has 0 aliphatic rings. The minimum absolute atomic E-state index is 0.125. The van der Waals surface area contributed by atoms with Gasteiger partial charge >= 0.3 is 0 Å². The van der Waals surface area contributed by atoms with E-state index in [-0.39, 0.29) is 11.6 Å². The van der Waals surface area contributed by atoms with Crippen LogP contribution in [0.2, 0.25) is 0 Å². The van der Waals surface area contributed by atoms with Crippen molar-refractivity contribution in [3.8, 4) is 0 Å². The van der Waals surface area contributed by atoms with E-state index in [9.17, 15) is 8.78 Å². The molecule has 128 valence electrons. The summed E-state index contributed by atoms with van der Waals surface area (Å²) in [4.78, 5) is 8.52. The second-order valence-electron chi connectivity index (χ2n) is 5.58. The van der Waals surface area contributed by atoms with Crippen LogP contribution < -0.4 is 10.6 Å². The summed E-state index contributed by atoms with van der Waals surface area (Å²) >= 11 is 0. The van der Waals surface area contributed by atoms with Crippen molar-refractivity contribution in [2.75, 3.05) is 10.6 Å². The topological polar surface area (TPSA) is 49.8 Å². The summed E-state index contributed by atoms with van der Waals surface area (Å²) in [5.41, 5.74) is 2.48. The first-order valence-electron chi connectivity index (χ1n) is 7.98. The first-order chi connectivity index (χ1) is 12.1. The fourth-order valence-corrected chi connectivity index (χ4v) is 2.51. The number of nitrogens with zero attached hydrogens (tertiary/aromatic N) is 2. The van der Waals surface area contributed by atoms with Crippen molar-refractivity contribution in [3.63, 3.8) is 0 Å². The third kappa shape index (κ3) is 3.91. The summed E-state index contributed by atoms with van der Waals surface area (Å²) in [6.07, 6.45) is 0.874. The van der Waals surface area contributed by atoms with Crippen LogP contribution in [0.3, 0.4) is 0 Å². The van der Waals surface area contributed by atoms with E-state index in [0.29, 0.717) is 11.5 Å². The first-order valence-corrected chi connectivity index (χ1v) is 7.98. The molecule has 0 atom stereocenters. The number of halogens is 2. The zero-order valence-corrected chi connectivity index (χ0v) is 14.0. The summed E-state index contributed by atoms with van der Waals surface area (Å²) in [5.74, 6) is -0.722. The molecule has 1 heterocycles. The molecular formula is C19H18F2N4. The van der Waals surface area contributed by atoms with Gasteiger partial charge in [-0.1, -0.05) is 31.2 Å². The van der Waals surface area contributed by atoms with Crippen LogP contribution in [0, 0.1) is 18.6 Å². The minimum Gasteiger partial charge on any atom is -0.340 e. The van der Waals surface area contributed by atoms with Crippen LogP contribution in [-0.4, -0.2) is 9.97 Å². The molecule has 1 aromatic heterocycles. The van der Waals surface area contributed by atoms with Gasteiger partial charge in [0.1, 0.15) is 23.1 Å². The molecule has 0 spiro atoms. The zero-order valence-electron chi connectivity index (χ0n) is 14.0. The summed E-state index contributed by atoms with van der Waals surface area (Å²) in [5, 5.41) is 5.86. The number of aromatic nitrogens is 2. The van der Waals surface area contributed by atoms with Crippen molar-refractivity contribution in [2.24, 2.45) is 0 Å². The summed E-state index contributed by atoms with van der Waals surface area (Å²) in [6.45, 7) is 3.86. The SMILES string of the molecule is CCc1ccccc1Nc1cc(C)nc(Nc2c(F)cccc2F)n1. The van der Waals surface area contributed by atoms with Gasteiger partial charge in [0.05, 0.1) is 0 Å². The molecule has 0 saturated heterocycles. The lowest BCUT2D eigenvalue weighted by Gasteiger charge is -2.13. The van der Waals surface area contributed by atoms with Gasteiger partial charge in [-0.15, -0.1) is 0 Å². The third-order valence-electron chi connectivity index (χ3n) is 3.71. The molecule has 2 N–H and O–H groups in total. The molecule has 2 aromatic carbocycles. The number of anilines is 4. The number of hydrogen-bond acceptors (Lipinski definition) is 4. The number of hydrogen-bond donors (Lipinski definition) is 2. The van der Waals surface area contributed by atoms with Crippen molar-refractivity contribution < 1.29 is 8.78 Å². The highest BCUT2D eigenvalue weighted by atomic mass is 19.1. The zero-order chi connectivity index (χ0) is 17.8. The van der Waals surface area contributed by atoms with Gasteiger partial charge in [-0.25, -0.2) is 13.8 Å². The lowest BCUT2D eigenvalue weighted by molar-refractivity contribution is 0.590. The van der Waals surface area contributed by atoms with Gasteiger partial charge in [-0.05, 0) is 37.1 Å². The van der Waals surface area contributed by atoms with E-state index in [1.807, 2.05) is 24.3 Å². The van der Waals surface area contributed by atoms with E-state index >= 15 is 0 Å². The fourth-order valence-electron chi connectivity index (χ4n) is 2.51. The lowest BCUT2D eigenvalue weighted by atomic mass is 10.1. The maximum Gasteiger partial charge on any atom is 0.229 e. The molecule has 6 heteroatoms. The predicted octanol–water partition coefficient (Wildman–Crippen LogP) is 5.11. The fraction of sp³-hybridized carbons (Fsp3) is 0.158. The highest BCUT2D eigenvalue weighted by molar-refractivity contribution is 5.63. The predicted molar refractivity (Wildman–Crippen MR) is 95.5 cm³/mol. The molecule has 25 heavy (non-hydrogen) atoms. The van der Waals surface area contributed by atoms with E-state index in [1.54, 1.807) is 13.0 Å². The molecule has 0 fully saturated rings. The smallest absolute Gasteiger partial charge is 0.229 e. The van der Waals surface area contributed by atoms with Gasteiger partial charge in [0.25, 0.3) is 0 Å². The summed E-state index contributed by atoms with van der Waals surface area (Å²) < 4.78 is 27.6. The Morgan fingerprint density at radius 1 is 0.920 bits per heavy atom. The van der Waals surface area contributed by atoms with E-state index in [2.05, 4.69) is 27.5 Å². The molecule has 0 unspecified atom stereocenters. The Balaban J connectivity index is 1.91. The van der Waals surface area contributed by atoms with Crippen LogP contribution in [0.5, 0.6) is 0 Å². The van der Waals surface area contributed by atoms with Crippen LogP contribution in [0.15, 0.2) is 48.5 Å².